The first-order valence-electron chi connectivity index (χ1n) is 6.86. The van der Waals surface area contributed by atoms with Crippen LogP contribution in [-0.4, -0.2) is 11.6 Å². The summed E-state index contributed by atoms with van der Waals surface area (Å²) < 4.78 is 5.80. The third-order valence-corrected chi connectivity index (χ3v) is 3.98. The molecule has 2 N–H and O–H groups in total. The standard InChI is InChI=1S/C16H22N2OS/c1-16(2,3)14-9-12(11-17)10-15(18-14)19-7-6-13-5-4-8-20-13/h4-5,8-10H,6-7,11,17H2,1-3H3. The van der Waals surface area contributed by atoms with Crippen LogP contribution in [0.1, 0.15) is 36.9 Å². The molecule has 2 aromatic heterocycles. The Hall–Kier alpha value is -1.39. The number of pyridine rings is 1. The van der Waals surface area contributed by atoms with Crippen LogP contribution in [0.3, 0.4) is 0 Å². The Labute approximate surface area is 124 Å². The fourth-order valence-corrected chi connectivity index (χ4v) is 2.54. The maximum Gasteiger partial charge on any atom is 0.213 e. The number of nitrogens with two attached hydrogens (primary N) is 1. The monoisotopic (exact) mass is 290 g/mol. The molecule has 0 radical (unpaired) electrons. The molecular weight excluding hydrogens is 268 g/mol. The number of nitrogens with zero attached hydrogens (tertiary/aromatic N) is 1. The van der Waals surface area contributed by atoms with Gasteiger partial charge in [-0.3, -0.25) is 0 Å². The van der Waals surface area contributed by atoms with Gasteiger partial charge in [0, 0.05) is 29.3 Å². The van der Waals surface area contributed by atoms with Crippen molar-refractivity contribution in [2.45, 2.75) is 39.2 Å². The molecule has 4 heteroatoms. The zero-order chi connectivity index (χ0) is 14.6. The Morgan fingerprint density at radius 3 is 2.70 bits per heavy atom. The molecule has 0 fully saturated rings. The van der Waals surface area contributed by atoms with Crippen molar-refractivity contribution < 1.29 is 4.74 Å². The fraction of sp³-hybridized carbons (Fsp3) is 0.438. The van der Waals surface area contributed by atoms with Crippen LogP contribution < -0.4 is 10.5 Å². The van der Waals surface area contributed by atoms with Gasteiger partial charge in [-0.2, -0.15) is 0 Å². The molecule has 108 valence electrons. The topological polar surface area (TPSA) is 48.1 Å². The Balaban J connectivity index is 2.06. The molecule has 3 nitrogen and oxygen atoms in total. The van der Waals surface area contributed by atoms with Crippen LogP contribution in [0.4, 0.5) is 0 Å². The number of thiophene rings is 1. The van der Waals surface area contributed by atoms with Crippen LogP contribution in [0.2, 0.25) is 0 Å². The highest BCUT2D eigenvalue weighted by Gasteiger charge is 2.17. The van der Waals surface area contributed by atoms with Gasteiger partial charge in [-0.15, -0.1) is 11.3 Å². The van der Waals surface area contributed by atoms with Crippen LogP contribution in [0, 0.1) is 0 Å². The molecule has 0 bridgehead atoms. The molecule has 0 amide bonds. The van der Waals surface area contributed by atoms with Crippen molar-refractivity contribution in [1.82, 2.24) is 4.98 Å². The summed E-state index contributed by atoms with van der Waals surface area (Å²) in [5.74, 6) is 0.675. The molecule has 0 saturated heterocycles. The van der Waals surface area contributed by atoms with E-state index in [1.807, 2.05) is 6.07 Å². The third-order valence-electron chi connectivity index (χ3n) is 3.04. The van der Waals surface area contributed by atoms with Gasteiger partial charge in [0.25, 0.3) is 0 Å². The SMILES string of the molecule is CC(C)(C)c1cc(CN)cc(OCCc2cccs2)n1. The Kier molecular flexibility index (Phi) is 4.78. The van der Waals surface area contributed by atoms with Crippen LogP contribution in [0.5, 0.6) is 5.88 Å². The second kappa shape index (κ2) is 6.37. The molecule has 0 aliphatic heterocycles. The number of hydrogen-bond acceptors (Lipinski definition) is 4. The number of rotatable bonds is 5. The van der Waals surface area contributed by atoms with Crippen LogP contribution in [0.15, 0.2) is 29.6 Å². The summed E-state index contributed by atoms with van der Waals surface area (Å²) in [6, 6.07) is 8.18. The van der Waals surface area contributed by atoms with Crippen molar-refractivity contribution >= 4 is 11.3 Å². The van der Waals surface area contributed by atoms with Gasteiger partial charge in [-0.25, -0.2) is 4.98 Å². The first-order valence-corrected chi connectivity index (χ1v) is 7.73. The average molecular weight is 290 g/mol. The second-order valence-electron chi connectivity index (χ2n) is 5.83. The van der Waals surface area contributed by atoms with Crippen molar-refractivity contribution in [1.29, 1.82) is 0 Å². The summed E-state index contributed by atoms with van der Waals surface area (Å²) >= 11 is 1.75. The maximum atomic E-state index is 5.80. The summed E-state index contributed by atoms with van der Waals surface area (Å²) in [6.07, 6.45) is 0.914. The van der Waals surface area contributed by atoms with Crippen LogP contribution in [-0.2, 0) is 18.4 Å². The molecule has 2 aromatic rings. The third kappa shape index (κ3) is 4.05. The highest BCUT2D eigenvalue weighted by Crippen LogP contribution is 2.24. The normalized spacial score (nSPS) is 11.6. The average Bonchev–Trinajstić information content (AvgIpc) is 2.90. The van der Waals surface area contributed by atoms with Crippen molar-refractivity contribution in [3.63, 3.8) is 0 Å². The van der Waals surface area contributed by atoms with Gasteiger partial charge in [0.15, 0.2) is 0 Å². The van der Waals surface area contributed by atoms with E-state index < -0.39 is 0 Å². The van der Waals surface area contributed by atoms with E-state index in [9.17, 15) is 0 Å². The predicted octanol–water partition coefficient (Wildman–Crippen LogP) is 3.52. The maximum absolute atomic E-state index is 5.80. The van der Waals surface area contributed by atoms with Crippen LogP contribution in [0.25, 0.3) is 0 Å². The molecule has 0 saturated carbocycles. The molecule has 2 heterocycles. The molecule has 20 heavy (non-hydrogen) atoms. The van der Waals surface area contributed by atoms with Gasteiger partial charge in [-0.1, -0.05) is 26.8 Å². The Bertz CT molecular complexity index is 544. The lowest BCUT2D eigenvalue weighted by Gasteiger charge is -2.19. The minimum atomic E-state index is -0.00293. The van der Waals surface area contributed by atoms with E-state index in [-0.39, 0.29) is 5.41 Å². The highest BCUT2D eigenvalue weighted by molar-refractivity contribution is 7.09. The van der Waals surface area contributed by atoms with E-state index in [4.69, 9.17) is 10.5 Å². The number of ether oxygens (including phenoxy) is 1. The van der Waals surface area contributed by atoms with Crippen molar-refractivity contribution in [3.05, 3.63) is 45.8 Å². The molecule has 0 aliphatic carbocycles. The smallest absolute Gasteiger partial charge is 0.213 e. The molecule has 0 aliphatic rings. The van der Waals surface area contributed by atoms with Gasteiger partial charge in [0.2, 0.25) is 5.88 Å². The summed E-state index contributed by atoms with van der Waals surface area (Å²) in [5.41, 5.74) is 7.84. The molecule has 0 atom stereocenters. The lowest BCUT2D eigenvalue weighted by Crippen LogP contribution is -2.16. The molecular formula is C16H22N2OS. The number of aromatic nitrogens is 1. The first kappa shape index (κ1) is 15.0. The molecule has 0 spiro atoms. The zero-order valence-corrected chi connectivity index (χ0v) is 13.2. The zero-order valence-electron chi connectivity index (χ0n) is 12.3. The van der Waals surface area contributed by atoms with E-state index >= 15 is 0 Å². The van der Waals surface area contributed by atoms with E-state index in [1.165, 1.54) is 4.88 Å². The van der Waals surface area contributed by atoms with E-state index in [1.54, 1.807) is 11.3 Å². The van der Waals surface area contributed by atoms with Crippen molar-refractivity contribution in [2.24, 2.45) is 5.73 Å². The molecule has 2 rings (SSSR count). The quantitative estimate of drug-likeness (QED) is 0.916. The van der Waals surface area contributed by atoms with E-state index in [0.29, 0.717) is 19.0 Å². The van der Waals surface area contributed by atoms with Crippen molar-refractivity contribution in [3.8, 4) is 5.88 Å². The molecule has 0 aromatic carbocycles. The van der Waals surface area contributed by atoms with Gasteiger partial charge >= 0.3 is 0 Å². The van der Waals surface area contributed by atoms with Gasteiger partial charge in [-0.05, 0) is 23.1 Å². The molecule has 0 unspecified atom stereocenters. The summed E-state index contributed by atoms with van der Waals surface area (Å²) in [6.45, 7) is 7.58. The second-order valence-corrected chi connectivity index (χ2v) is 6.86. The predicted molar refractivity (Wildman–Crippen MR) is 84.3 cm³/mol. The highest BCUT2D eigenvalue weighted by atomic mass is 32.1. The Morgan fingerprint density at radius 2 is 2.10 bits per heavy atom. The van der Waals surface area contributed by atoms with E-state index in [0.717, 1.165) is 17.7 Å². The van der Waals surface area contributed by atoms with Gasteiger partial charge in [0.1, 0.15) is 0 Å². The summed E-state index contributed by atoms with van der Waals surface area (Å²) in [5, 5.41) is 2.08. The summed E-state index contributed by atoms with van der Waals surface area (Å²) in [4.78, 5) is 5.93. The van der Waals surface area contributed by atoms with Crippen molar-refractivity contribution in [2.75, 3.05) is 6.61 Å². The summed E-state index contributed by atoms with van der Waals surface area (Å²) in [7, 11) is 0. The minimum Gasteiger partial charge on any atom is -0.477 e. The van der Waals surface area contributed by atoms with E-state index in [2.05, 4.69) is 49.3 Å². The lowest BCUT2D eigenvalue weighted by atomic mass is 9.91. The largest absolute Gasteiger partial charge is 0.477 e. The fourth-order valence-electron chi connectivity index (χ4n) is 1.85. The van der Waals surface area contributed by atoms with Crippen LogP contribution >= 0.6 is 11.3 Å². The lowest BCUT2D eigenvalue weighted by molar-refractivity contribution is 0.307. The Morgan fingerprint density at radius 1 is 1.30 bits per heavy atom. The van der Waals surface area contributed by atoms with Gasteiger partial charge < -0.3 is 10.5 Å². The minimum absolute atomic E-state index is 0.00293. The van der Waals surface area contributed by atoms with Gasteiger partial charge in [0.05, 0.1) is 12.3 Å². The number of hydrogen-bond donors (Lipinski definition) is 1. The first-order chi connectivity index (χ1) is 9.49.